The summed E-state index contributed by atoms with van der Waals surface area (Å²) in [5.74, 6) is 0.271. The van der Waals surface area contributed by atoms with Crippen LogP contribution in [-0.4, -0.2) is 17.1 Å². The molecule has 0 bridgehead atoms. The number of methoxy groups -OCH3 is 1. The predicted molar refractivity (Wildman–Crippen MR) is 112 cm³/mol. The Morgan fingerprint density at radius 3 is 2.14 bits per heavy atom. The van der Waals surface area contributed by atoms with Gasteiger partial charge in [0.25, 0.3) is 0 Å². The first-order valence-corrected chi connectivity index (χ1v) is 9.26. The van der Waals surface area contributed by atoms with Gasteiger partial charge in [-0.2, -0.15) is 0 Å². The van der Waals surface area contributed by atoms with E-state index in [1.807, 2.05) is 60.8 Å². The number of aromatic nitrogens is 2. The maximum atomic E-state index is 13.6. The fourth-order valence-corrected chi connectivity index (χ4v) is 3.34. The maximum absolute atomic E-state index is 13.6. The Kier molecular flexibility index (Phi) is 5.47. The van der Waals surface area contributed by atoms with Crippen molar-refractivity contribution in [3.63, 3.8) is 0 Å². The van der Waals surface area contributed by atoms with Crippen LogP contribution in [0, 0.1) is 5.82 Å². The molecule has 4 nitrogen and oxygen atoms in total. The second-order valence-corrected chi connectivity index (χ2v) is 6.50. The molecule has 0 amide bonds. The molecule has 0 fully saturated rings. The van der Waals surface area contributed by atoms with Crippen LogP contribution in [0.25, 0.3) is 0 Å². The number of ether oxygens (including phenoxy) is 1. The highest BCUT2D eigenvalue weighted by molar-refractivity contribution is 5.66. The molecule has 0 aliphatic heterocycles. The van der Waals surface area contributed by atoms with Gasteiger partial charge in [-0.15, -0.1) is 0 Å². The molecule has 0 N–H and O–H groups in total. The van der Waals surface area contributed by atoms with Crippen LogP contribution in [0.4, 0.5) is 15.8 Å². The van der Waals surface area contributed by atoms with Gasteiger partial charge < -0.3 is 9.64 Å². The van der Waals surface area contributed by atoms with Gasteiger partial charge >= 0.3 is 0 Å². The second-order valence-electron chi connectivity index (χ2n) is 6.50. The largest absolute Gasteiger partial charge is 0.481 e. The molecule has 2 aromatic carbocycles. The van der Waals surface area contributed by atoms with Gasteiger partial charge in [-0.3, -0.25) is 4.98 Å². The summed E-state index contributed by atoms with van der Waals surface area (Å²) in [6.07, 6.45) is 5.36. The summed E-state index contributed by atoms with van der Waals surface area (Å²) in [6.45, 7) is 0. The van der Waals surface area contributed by atoms with Crippen LogP contribution in [0.2, 0.25) is 0 Å². The molecular formula is C24H20FN3O. The lowest BCUT2D eigenvalue weighted by molar-refractivity contribution is 0.397. The lowest BCUT2D eigenvalue weighted by Gasteiger charge is -2.34. The van der Waals surface area contributed by atoms with Crippen molar-refractivity contribution in [3.05, 3.63) is 114 Å². The summed E-state index contributed by atoms with van der Waals surface area (Å²) in [7, 11) is 1.59. The van der Waals surface area contributed by atoms with Gasteiger partial charge in [0.2, 0.25) is 5.88 Å². The smallest absolute Gasteiger partial charge is 0.212 e. The number of pyridine rings is 2. The monoisotopic (exact) mass is 385 g/mol. The number of halogens is 1. The first-order chi connectivity index (χ1) is 14.3. The molecule has 1 unspecified atom stereocenters. The summed E-state index contributed by atoms with van der Waals surface area (Å²) in [6, 6.07) is 24.1. The Morgan fingerprint density at radius 2 is 1.52 bits per heavy atom. The van der Waals surface area contributed by atoms with E-state index >= 15 is 0 Å². The SMILES string of the molecule is COc1ccc(C(c2ccc(F)cc2)N(c2ccccc2)c2cccnc2)cn1. The highest BCUT2D eigenvalue weighted by Gasteiger charge is 2.25. The summed E-state index contributed by atoms with van der Waals surface area (Å²) >= 11 is 0. The van der Waals surface area contributed by atoms with Crippen LogP contribution in [0.5, 0.6) is 5.88 Å². The van der Waals surface area contributed by atoms with Crippen LogP contribution in [0.15, 0.2) is 97.5 Å². The molecule has 2 heterocycles. The first-order valence-electron chi connectivity index (χ1n) is 9.26. The standard InChI is InChI=1S/C24H20FN3O/c1-29-23-14-11-19(16-27-23)24(18-9-12-20(25)13-10-18)28(21-6-3-2-4-7-21)22-8-5-15-26-17-22/h2-17,24H,1H3. The van der Waals surface area contributed by atoms with Crippen LogP contribution in [-0.2, 0) is 0 Å². The van der Waals surface area contributed by atoms with E-state index in [1.165, 1.54) is 12.1 Å². The number of para-hydroxylation sites is 1. The highest BCUT2D eigenvalue weighted by atomic mass is 19.1. The van der Waals surface area contributed by atoms with Crippen molar-refractivity contribution in [1.82, 2.24) is 9.97 Å². The van der Waals surface area contributed by atoms with Gasteiger partial charge in [0.1, 0.15) is 5.82 Å². The number of hydrogen-bond acceptors (Lipinski definition) is 4. The lowest BCUT2D eigenvalue weighted by atomic mass is 9.97. The summed E-state index contributed by atoms with van der Waals surface area (Å²) in [4.78, 5) is 10.9. The van der Waals surface area contributed by atoms with Gasteiger partial charge in [0, 0.05) is 24.1 Å². The van der Waals surface area contributed by atoms with Gasteiger partial charge in [-0.1, -0.05) is 30.3 Å². The minimum Gasteiger partial charge on any atom is -0.481 e. The van der Waals surface area contributed by atoms with Crippen molar-refractivity contribution in [2.24, 2.45) is 0 Å². The molecule has 0 spiro atoms. The number of nitrogens with zero attached hydrogens (tertiary/aromatic N) is 3. The van der Waals surface area contributed by atoms with Crippen molar-refractivity contribution in [3.8, 4) is 5.88 Å². The second kappa shape index (κ2) is 8.52. The van der Waals surface area contributed by atoms with Crippen LogP contribution >= 0.6 is 0 Å². The van der Waals surface area contributed by atoms with Gasteiger partial charge in [0.05, 0.1) is 25.0 Å². The van der Waals surface area contributed by atoms with E-state index in [9.17, 15) is 4.39 Å². The lowest BCUT2D eigenvalue weighted by Crippen LogP contribution is -2.25. The van der Waals surface area contributed by atoms with Crippen molar-refractivity contribution in [2.45, 2.75) is 6.04 Å². The molecule has 0 aliphatic rings. The van der Waals surface area contributed by atoms with Crippen molar-refractivity contribution < 1.29 is 9.13 Å². The van der Waals surface area contributed by atoms with Gasteiger partial charge in [-0.05, 0) is 53.6 Å². The van der Waals surface area contributed by atoms with Crippen LogP contribution in [0.3, 0.4) is 0 Å². The number of benzene rings is 2. The van der Waals surface area contributed by atoms with Crippen LogP contribution < -0.4 is 9.64 Å². The van der Waals surface area contributed by atoms with E-state index in [-0.39, 0.29) is 11.9 Å². The Balaban J connectivity index is 1.91. The van der Waals surface area contributed by atoms with E-state index in [1.54, 1.807) is 31.6 Å². The molecule has 0 aliphatic carbocycles. The quantitative estimate of drug-likeness (QED) is 0.436. The number of rotatable bonds is 6. The van der Waals surface area contributed by atoms with E-state index in [0.29, 0.717) is 5.88 Å². The molecule has 144 valence electrons. The number of hydrogen-bond donors (Lipinski definition) is 0. The van der Waals surface area contributed by atoms with Gasteiger partial charge in [0.15, 0.2) is 0 Å². The normalized spacial score (nSPS) is 11.7. The zero-order valence-electron chi connectivity index (χ0n) is 15.9. The topological polar surface area (TPSA) is 38.2 Å². The fraction of sp³-hybridized carbons (Fsp3) is 0.0833. The molecule has 0 saturated heterocycles. The highest BCUT2D eigenvalue weighted by Crippen LogP contribution is 2.38. The fourth-order valence-electron chi connectivity index (χ4n) is 3.34. The van der Waals surface area contributed by atoms with Crippen molar-refractivity contribution in [2.75, 3.05) is 12.0 Å². The van der Waals surface area contributed by atoms with Crippen LogP contribution in [0.1, 0.15) is 17.2 Å². The molecule has 1 atom stereocenters. The third-order valence-corrected chi connectivity index (χ3v) is 4.69. The van der Waals surface area contributed by atoms with E-state index in [4.69, 9.17) is 4.74 Å². The molecule has 29 heavy (non-hydrogen) atoms. The minimum absolute atomic E-state index is 0.236. The summed E-state index contributed by atoms with van der Waals surface area (Å²) < 4.78 is 18.9. The molecule has 2 aromatic heterocycles. The van der Waals surface area contributed by atoms with Crippen molar-refractivity contribution >= 4 is 11.4 Å². The van der Waals surface area contributed by atoms with E-state index < -0.39 is 0 Å². The molecule has 0 radical (unpaired) electrons. The average molecular weight is 385 g/mol. The van der Waals surface area contributed by atoms with E-state index in [0.717, 1.165) is 22.5 Å². The number of anilines is 2. The van der Waals surface area contributed by atoms with Crippen molar-refractivity contribution in [1.29, 1.82) is 0 Å². The molecule has 0 saturated carbocycles. The Bertz CT molecular complexity index is 999. The minimum atomic E-state index is -0.270. The third kappa shape index (κ3) is 4.09. The predicted octanol–water partition coefficient (Wildman–Crippen LogP) is 5.55. The molecule has 5 heteroatoms. The summed E-state index contributed by atoms with van der Waals surface area (Å²) in [5, 5.41) is 0. The Hall–Kier alpha value is -3.73. The van der Waals surface area contributed by atoms with Gasteiger partial charge in [-0.25, -0.2) is 9.37 Å². The first kappa shape index (κ1) is 18.6. The maximum Gasteiger partial charge on any atom is 0.212 e. The summed E-state index contributed by atoms with van der Waals surface area (Å²) in [5.41, 5.74) is 3.80. The zero-order chi connectivity index (χ0) is 20.1. The van der Waals surface area contributed by atoms with E-state index in [2.05, 4.69) is 14.9 Å². The zero-order valence-corrected chi connectivity index (χ0v) is 15.9. The Labute approximate surface area is 169 Å². The average Bonchev–Trinajstić information content (AvgIpc) is 2.79. The Morgan fingerprint density at radius 1 is 0.793 bits per heavy atom. The third-order valence-electron chi connectivity index (χ3n) is 4.69. The molecule has 4 aromatic rings. The molecule has 4 rings (SSSR count). The molecular weight excluding hydrogens is 365 g/mol.